The molecule has 0 atom stereocenters. The number of nitrogens with zero attached hydrogens (tertiary/aromatic N) is 1. The van der Waals surface area contributed by atoms with Crippen LogP contribution in [0.3, 0.4) is 0 Å². The van der Waals surface area contributed by atoms with Crippen molar-refractivity contribution in [3.63, 3.8) is 0 Å². The van der Waals surface area contributed by atoms with Gasteiger partial charge >= 0.3 is 0 Å². The largest absolute Gasteiger partial charge is 0.375 e. The maximum atomic E-state index is 12.1. The standard InChI is InChI=1S/C11H12BrN3O2S2/c1-7-10(18-11(13)15-7)19(16,17)14-6-8-2-4-9(12)5-3-8/h2-5,14H,6H2,1H3,(H2,13,15). The highest BCUT2D eigenvalue weighted by atomic mass is 79.9. The van der Waals surface area contributed by atoms with Gasteiger partial charge in [-0.1, -0.05) is 39.4 Å². The molecule has 0 aliphatic carbocycles. The molecule has 5 nitrogen and oxygen atoms in total. The SMILES string of the molecule is Cc1nc(N)sc1S(=O)(=O)NCc1ccc(Br)cc1. The van der Waals surface area contributed by atoms with E-state index in [4.69, 9.17) is 5.73 Å². The van der Waals surface area contributed by atoms with E-state index in [0.717, 1.165) is 21.4 Å². The first-order valence-corrected chi connectivity index (χ1v) is 8.45. The van der Waals surface area contributed by atoms with Gasteiger partial charge in [-0.15, -0.1) is 0 Å². The van der Waals surface area contributed by atoms with Gasteiger partial charge in [0, 0.05) is 11.0 Å². The van der Waals surface area contributed by atoms with Crippen molar-refractivity contribution in [1.82, 2.24) is 9.71 Å². The number of aromatic nitrogens is 1. The van der Waals surface area contributed by atoms with Crippen LogP contribution < -0.4 is 10.5 Å². The second-order valence-electron chi connectivity index (χ2n) is 3.88. The number of nitrogen functional groups attached to an aromatic ring is 1. The molecule has 102 valence electrons. The van der Waals surface area contributed by atoms with Crippen molar-refractivity contribution in [2.75, 3.05) is 5.73 Å². The lowest BCUT2D eigenvalue weighted by atomic mass is 10.2. The molecule has 0 radical (unpaired) electrons. The van der Waals surface area contributed by atoms with E-state index in [-0.39, 0.29) is 15.9 Å². The zero-order valence-corrected chi connectivity index (χ0v) is 13.3. The number of aryl methyl sites for hydroxylation is 1. The fraction of sp³-hybridized carbons (Fsp3) is 0.182. The van der Waals surface area contributed by atoms with E-state index >= 15 is 0 Å². The third-order valence-corrected chi connectivity index (χ3v) is 5.92. The van der Waals surface area contributed by atoms with Gasteiger partial charge in [-0.2, -0.15) is 0 Å². The predicted molar refractivity (Wildman–Crippen MR) is 79.4 cm³/mol. The summed E-state index contributed by atoms with van der Waals surface area (Å²) in [6.07, 6.45) is 0. The Morgan fingerprint density at radius 1 is 1.37 bits per heavy atom. The Kier molecular flexibility index (Phi) is 4.24. The second-order valence-corrected chi connectivity index (χ2v) is 7.78. The predicted octanol–water partition coefficient (Wildman–Crippen LogP) is 2.27. The number of hydrogen-bond donors (Lipinski definition) is 2. The molecular formula is C11H12BrN3O2S2. The minimum absolute atomic E-state index is 0.169. The van der Waals surface area contributed by atoms with E-state index in [1.165, 1.54) is 0 Å². The monoisotopic (exact) mass is 361 g/mol. The first-order valence-electron chi connectivity index (χ1n) is 5.35. The van der Waals surface area contributed by atoms with Crippen LogP contribution in [-0.2, 0) is 16.6 Å². The molecule has 3 N–H and O–H groups in total. The molecule has 0 fully saturated rings. The Morgan fingerprint density at radius 2 is 2.00 bits per heavy atom. The molecule has 0 aliphatic heterocycles. The summed E-state index contributed by atoms with van der Waals surface area (Å²) >= 11 is 4.29. The Balaban J connectivity index is 2.14. The molecule has 0 saturated heterocycles. The summed E-state index contributed by atoms with van der Waals surface area (Å²) < 4.78 is 27.9. The average molecular weight is 362 g/mol. The van der Waals surface area contributed by atoms with Crippen molar-refractivity contribution >= 4 is 42.4 Å². The molecule has 0 unspecified atom stereocenters. The molecule has 0 amide bonds. The number of halogens is 1. The summed E-state index contributed by atoms with van der Waals surface area (Å²) in [5.41, 5.74) is 6.81. The number of rotatable bonds is 4. The van der Waals surface area contributed by atoms with Gasteiger partial charge in [-0.3, -0.25) is 0 Å². The van der Waals surface area contributed by atoms with Crippen molar-refractivity contribution in [2.24, 2.45) is 0 Å². The number of thiazole rings is 1. The number of hydrogen-bond acceptors (Lipinski definition) is 5. The Bertz CT molecular complexity index is 680. The first kappa shape index (κ1) is 14.4. The first-order chi connectivity index (χ1) is 8.88. The molecular weight excluding hydrogens is 350 g/mol. The fourth-order valence-corrected chi connectivity index (χ4v) is 4.12. The van der Waals surface area contributed by atoms with Crippen LogP contribution in [0.5, 0.6) is 0 Å². The summed E-state index contributed by atoms with van der Waals surface area (Å²) in [5, 5.41) is 0.251. The number of nitrogens with two attached hydrogens (primary N) is 1. The normalized spacial score (nSPS) is 11.7. The van der Waals surface area contributed by atoms with E-state index in [2.05, 4.69) is 25.6 Å². The van der Waals surface area contributed by atoms with Gasteiger partial charge in [0.2, 0.25) is 0 Å². The van der Waals surface area contributed by atoms with Gasteiger partial charge in [0.15, 0.2) is 9.34 Å². The Hall–Kier alpha value is -0.960. The highest BCUT2D eigenvalue weighted by Gasteiger charge is 2.20. The molecule has 8 heteroatoms. The van der Waals surface area contributed by atoms with Crippen LogP contribution >= 0.6 is 27.3 Å². The van der Waals surface area contributed by atoms with E-state index in [9.17, 15) is 8.42 Å². The maximum Gasteiger partial charge on any atom is 0.252 e. The van der Waals surface area contributed by atoms with Crippen molar-refractivity contribution in [3.05, 3.63) is 40.0 Å². The van der Waals surface area contributed by atoms with E-state index < -0.39 is 10.0 Å². The van der Waals surface area contributed by atoms with Crippen molar-refractivity contribution < 1.29 is 8.42 Å². The van der Waals surface area contributed by atoms with Crippen molar-refractivity contribution in [2.45, 2.75) is 17.7 Å². The third kappa shape index (κ3) is 3.53. The van der Waals surface area contributed by atoms with Gasteiger partial charge in [0.1, 0.15) is 0 Å². The summed E-state index contributed by atoms with van der Waals surface area (Å²) in [6.45, 7) is 1.86. The lowest BCUT2D eigenvalue weighted by Gasteiger charge is -2.05. The van der Waals surface area contributed by atoms with Crippen molar-refractivity contribution in [3.8, 4) is 0 Å². The molecule has 2 aromatic rings. The van der Waals surface area contributed by atoms with Crippen LogP contribution in [0.1, 0.15) is 11.3 Å². The fourth-order valence-electron chi connectivity index (χ4n) is 1.50. The maximum absolute atomic E-state index is 12.1. The summed E-state index contributed by atoms with van der Waals surface area (Å²) in [4.78, 5) is 3.91. The van der Waals surface area contributed by atoms with Crippen molar-refractivity contribution in [1.29, 1.82) is 0 Å². The summed E-state index contributed by atoms with van der Waals surface area (Å²) in [5.74, 6) is 0. The molecule has 1 aromatic heterocycles. The summed E-state index contributed by atoms with van der Waals surface area (Å²) in [7, 11) is -3.56. The van der Waals surface area contributed by atoms with Crippen LogP contribution in [0, 0.1) is 6.92 Å². The molecule has 0 bridgehead atoms. The lowest BCUT2D eigenvalue weighted by Crippen LogP contribution is -2.23. The Labute approximate surface area is 124 Å². The number of anilines is 1. The summed E-state index contributed by atoms with van der Waals surface area (Å²) in [6, 6.07) is 7.42. The molecule has 1 aromatic carbocycles. The van der Waals surface area contributed by atoms with Crippen LogP contribution in [0.4, 0.5) is 5.13 Å². The minimum atomic E-state index is -3.56. The van der Waals surface area contributed by atoms with Gasteiger partial charge in [0.25, 0.3) is 10.0 Å². The van der Waals surface area contributed by atoms with Gasteiger partial charge in [-0.05, 0) is 24.6 Å². The van der Waals surface area contributed by atoms with Gasteiger partial charge in [-0.25, -0.2) is 18.1 Å². The van der Waals surface area contributed by atoms with Gasteiger partial charge in [0.05, 0.1) is 5.69 Å². The molecule has 0 spiro atoms. The minimum Gasteiger partial charge on any atom is -0.375 e. The number of sulfonamides is 1. The lowest BCUT2D eigenvalue weighted by molar-refractivity contribution is 0.582. The highest BCUT2D eigenvalue weighted by molar-refractivity contribution is 9.10. The van der Waals surface area contributed by atoms with Crippen LogP contribution in [0.15, 0.2) is 32.9 Å². The van der Waals surface area contributed by atoms with Gasteiger partial charge < -0.3 is 5.73 Å². The van der Waals surface area contributed by atoms with Crippen LogP contribution in [0.25, 0.3) is 0 Å². The van der Waals surface area contributed by atoms with E-state index in [1.807, 2.05) is 24.3 Å². The smallest absolute Gasteiger partial charge is 0.252 e. The number of nitrogens with one attached hydrogen (secondary N) is 1. The highest BCUT2D eigenvalue weighted by Crippen LogP contribution is 2.24. The molecule has 1 heterocycles. The molecule has 0 saturated carbocycles. The van der Waals surface area contributed by atoms with E-state index in [1.54, 1.807) is 6.92 Å². The van der Waals surface area contributed by atoms with Crippen LogP contribution in [0.2, 0.25) is 0 Å². The second kappa shape index (κ2) is 5.58. The topological polar surface area (TPSA) is 85.1 Å². The van der Waals surface area contributed by atoms with Crippen LogP contribution in [-0.4, -0.2) is 13.4 Å². The average Bonchev–Trinajstić information content (AvgIpc) is 2.69. The zero-order valence-electron chi connectivity index (χ0n) is 10.1. The number of benzene rings is 1. The molecule has 2 rings (SSSR count). The van der Waals surface area contributed by atoms with E-state index in [0.29, 0.717) is 5.69 Å². The molecule has 19 heavy (non-hydrogen) atoms. The quantitative estimate of drug-likeness (QED) is 0.874. The Morgan fingerprint density at radius 3 is 2.53 bits per heavy atom. The molecule has 0 aliphatic rings. The third-order valence-electron chi connectivity index (χ3n) is 2.39. The zero-order chi connectivity index (χ0) is 14.0.